The second kappa shape index (κ2) is 6.18. The maximum Gasteiger partial charge on any atom is 0.244 e. The number of halogens is 3. The number of rotatable bonds is 4. The highest BCUT2D eigenvalue weighted by molar-refractivity contribution is 9.10. The molecule has 6 heteroatoms. The quantitative estimate of drug-likeness (QED) is 0.874. The summed E-state index contributed by atoms with van der Waals surface area (Å²) in [5, 5.41) is 5.58. The minimum Gasteiger partial charge on any atom is -0.320 e. The largest absolute Gasteiger partial charge is 0.320 e. The summed E-state index contributed by atoms with van der Waals surface area (Å²) in [6.45, 7) is 2.73. The lowest BCUT2D eigenvalue weighted by Crippen LogP contribution is -2.50. The van der Waals surface area contributed by atoms with Crippen LogP contribution in [0.2, 0.25) is 0 Å². The van der Waals surface area contributed by atoms with Crippen molar-refractivity contribution in [1.29, 1.82) is 0 Å². The summed E-state index contributed by atoms with van der Waals surface area (Å²) in [5.74, 6) is -1.93. The van der Waals surface area contributed by atoms with E-state index in [4.69, 9.17) is 0 Å². The van der Waals surface area contributed by atoms with Gasteiger partial charge in [0.15, 0.2) is 11.6 Å². The molecule has 0 aliphatic carbocycles. The topological polar surface area (TPSA) is 41.1 Å². The molecule has 1 aromatic rings. The molecule has 2 N–H and O–H groups in total. The molecule has 0 radical (unpaired) electrons. The summed E-state index contributed by atoms with van der Waals surface area (Å²) in [6, 6.07) is 2.26. The van der Waals surface area contributed by atoms with Crippen LogP contribution in [0.4, 0.5) is 14.5 Å². The predicted octanol–water partition coefficient (Wildman–Crippen LogP) is 3.59. The van der Waals surface area contributed by atoms with E-state index < -0.39 is 17.2 Å². The molecule has 110 valence electrons. The van der Waals surface area contributed by atoms with Crippen LogP contribution in [0.3, 0.4) is 0 Å². The first kappa shape index (κ1) is 15.4. The Balaban J connectivity index is 2.23. The molecule has 2 rings (SSSR count). The zero-order chi connectivity index (χ0) is 14.8. The van der Waals surface area contributed by atoms with Crippen molar-refractivity contribution in [1.82, 2.24) is 5.32 Å². The van der Waals surface area contributed by atoms with Gasteiger partial charge in [0.1, 0.15) is 5.69 Å². The van der Waals surface area contributed by atoms with E-state index in [-0.39, 0.29) is 11.6 Å². The van der Waals surface area contributed by atoms with E-state index in [2.05, 4.69) is 26.6 Å². The van der Waals surface area contributed by atoms with E-state index in [1.54, 1.807) is 0 Å². The third-order valence-electron chi connectivity index (χ3n) is 3.60. The fourth-order valence-corrected chi connectivity index (χ4v) is 3.05. The van der Waals surface area contributed by atoms with Crippen LogP contribution < -0.4 is 10.6 Å². The van der Waals surface area contributed by atoms with Gasteiger partial charge >= 0.3 is 0 Å². The number of amides is 1. The highest BCUT2D eigenvalue weighted by Gasteiger charge is 2.40. The highest BCUT2D eigenvalue weighted by Crippen LogP contribution is 2.29. The van der Waals surface area contributed by atoms with Gasteiger partial charge in [-0.3, -0.25) is 4.79 Å². The monoisotopic (exact) mass is 346 g/mol. The van der Waals surface area contributed by atoms with E-state index in [0.717, 1.165) is 31.5 Å². The van der Waals surface area contributed by atoms with Crippen LogP contribution in [0.5, 0.6) is 0 Å². The molecule has 1 unspecified atom stereocenters. The number of hydrogen-bond acceptors (Lipinski definition) is 2. The van der Waals surface area contributed by atoms with Crippen molar-refractivity contribution in [2.75, 3.05) is 11.9 Å². The van der Waals surface area contributed by atoms with Gasteiger partial charge in [-0.15, -0.1) is 0 Å². The third-order valence-corrected chi connectivity index (χ3v) is 4.06. The number of hydrogen-bond donors (Lipinski definition) is 2. The van der Waals surface area contributed by atoms with Crippen LogP contribution >= 0.6 is 15.9 Å². The average molecular weight is 347 g/mol. The van der Waals surface area contributed by atoms with Crippen LogP contribution in [-0.4, -0.2) is 18.0 Å². The Labute approximate surface area is 125 Å². The summed E-state index contributed by atoms with van der Waals surface area (Å²) in [5.41, 5.74) is -1.09. The van der Waals surface area contributed by atoms with E-state index in [0.29, 0.717) is 17.3 Å². The second-order valence-electron chi connectivity index (χ2n) is 5.06. The first-order valence-electron chi connectivity index (χ1n) is 6.69. The zero-order valence-corrected chi connectivity index (χ0v) is 12.8. The minimum atomic E-state index is -0.783. The van der Waals surface area contributed by atoms with Crippen molar-refractivity contribution in [2.24, 2.45) is 0 Å². The lowest BCUT2D eigenvalue weighted by atomic mass is 9.90. The molecule has 1 heterocycles. The average Bonchev–Trinajstić information content (AvgIpc) is 2.83. The van der Waals surface area contributed by atoms with E-state index in [1.807, 2.05) is 6.92 Å². The standard InChI is InChI=1S/C14H17BrF2N2O/c1-2-4-14(5-3-6-18-14)13(20)19-12-10(16)7-9(15)8-11(12)17/h7-8,18H,2-6H2,1H3,(H,19,20). The molecule has 0 bridgehead atoms. The predicted molar refractivity (Wildman–Crippen MR) is 77.6 cm³/mol. The molecule has 1 saturated heterocycles. The van der Waals surface area contributed by atoms with E-state index in [9.17, 15) is 13.6 Å². The molecule has 1 atom stereocenters. The Morgan fingerprint density at radius 1 is 1.45 bits per heavy atom. The molecule has 0 aromatic heterocycles. The molecular formula is C14H17BrF2N2O. The molecule has 20 heavy (non-hydrogen) atoms. The summed E-state index contributed by atoms with van der Waals surface area (Å²) < 4.78 is 27.8. The highest BCUT2D eigenvalue weighted by atomic mass is 79.9. The number of nitrogens with one attached hydrogen (secondary N) is 2. The fourth-order valence-electron chi connectivity index (χ4n) is 2.65. The second-order valence-corrected chi connectivity index (χ2v) is 5.98. The van der Waals surface area contributed by atoms with Gasteiger partial charge < -0.3 is 10.6 Å². The number of carbonyl (C=O) groups excluding carboxylic acids is 1. The SMILES string of the molecule is CCCC1(C(=O)Nc2c(F)cc(Br)cc2F)CCCN1. The van der Waals surface area contributed by atoms with Crippen molar-refractivity contribution in [2.45, 2.75) is 38.1 Å². The third kappa shape index (κ3) is 3.01. The first-order valence-corrected chi connectivity index (χ1v) is 7.49. The normalized spacial score (nSPS) is 22.0. The molecule has 1 aromatic carbocycles. The summed E-state index contributed by atoms with van der Waals surface area (Å²) in [7, 11) is 0. The molecule has 1 aliphatic heterocycles. The maximum atomic E-state index is 13.8. The zero-order valence-electron chi connectivity index (χ0n) is 11.2. The van der Waals surface area contributed by atoms with Gasteiger partial charge in [0.25, 0.3) is 0 Å². The van der Waals surface area contributed by atoms with Crippen LogP contribution in [0.25, 0.3) is 0 Å². The van der Waals surface area contributed by atoms with Gasteiger partial charge in [-0.1, -0.05) is 29.3 Å². The van der Waals surface area contributed by atoms with Gasteiger partial charge in [-0.2, -0.15) is 0 Å². The number of carbonyl (C=O) groups is 1. The van der Waals surface area contributed by atoms with Crippen molar-refractivity contribution >= 4 is 27.5 Å². The smallest absolute Gasteiger partial charge is 0.244 e. The van der Waals surface area contributed by atoms with Gasteiger partial charge in [-0.25, -0.2) is 8.78 Å². The number of benzene rings is 1. The van der Waals surface area contributed by atoms with Crippen molar-refractivity contribution < 1.29 is 13.6 Å². The first-order chi connectivity index (χ1) is 9.48. The van der Waals surface area contributed by atoms with Crippen LogP contribution in [0.15, 0.2) is 16.6 Å². The Morgan fingerprint density at radius 2 is 2.10 bits per heavy atom. The molecule has 0 spiro atoms. The summed E-state index contributed by atoms with van der Waals surface area (Å²) in [6.07, 6.45) is 3.05. The fraction of sp³-hybridized carbons (Fsp3) is 0.500. The van der Waals surface area contributed by atoms with Gasteiger partial charge in [0.05, 0.1) is 5.54 Å². The van der Waals surface area contributed by atoms with E-state index >= 15 is 0 Å². The van der Waals surface area contributed by atoms with Crippen LogP contribution in [0, 0.1) is 11.6 Å². The maximum absolute atomic E-state index is 13.8. The Morgan fingerprint density at radius 3 is 2.60 bits per heavy atom. The lowest BCUT2D eigenvalue weighted by Gasteiger charge is -2.28. The van der Waals surface area contributed by atoms with Crippen LogP contribution in [-0.2, 0) is 4.79 Å². The van der Waals surface area contributed by atoms with Gasteiger partial charge in [-0.05, 0) is 37.9 Å². The Bertz CT molecular complexity index is 493. The van der Waals surface area contributed by atoms with Gasteiger partial charge in [0, 0.05) is 4.47 Å². The lowest BCUT2D eigenvalue weighted by molar-refractivity contribution is -0.122. The molecule has 1 fully saturated rings. The Kier molecular flexibility index (Phi) is 4.75. The summed E-state index contributed by atoms with van der Waals surface area (Å²) in [4.78, 5) is 12.4. The van der Waals surface area contributed by atoms with Crippen molar-refractivity contribution in [3.8, 4) is 0 Å². The summed E-state index contributed by atoms with van der Waals surface area (Å²) >= 11 is 3.01. The van der Waals surface area contributed by atoms with E-state index in [1.165, 1.54) is 0 Å². The van der Waals surface area contributed by atoms with Crippen molar-refractivity contribution in [3.63, 3.8) is 0 Å². The van der Waals surface area contributed by atoms with Crippen molar-refractivity contribution in [3.05, 3.63) is 28.2 Å². The Hall–Kier alpha value is -1.01. The number of anilines is 1. The van der Waals surface area contributed by atoms with Gasteiger partial charge in [0.2, 0.25) is 5.91 Å². The minimum absolute atomic E-state index is 0.299. The molecule has 1 aliphatic rings. The molecule has 0 saturated carbocycles. The molecule has 3 nitrogen and oxygen atoms in total. The molecular weight excluding hydrogens is 330 g/mol. The van der Waals surface area contributed by atoms with Crippen LogP contribution in [0.1, 0.15) is 32.6 Å². The molecule has 1 amide bonds.